The molecule has 0 bridgehead atoms. The van der Waals surface area contributed by atoms with E-state index in [-0.39, 0.29) is 29.4 Å². The van der Waals surface area contributed by atoms with Crippen molar-refractivity contribution < 1.29 is 23.5 Å². The molecule has 0 saturated carbocycles. The highest BCUT2D eigenvalue weighted by Gasteiger charge is 2.19. The van der Waals surface area contributed by atoms with Crippen LogP contribution >= 0.6 is 0 Å². The number of ketones is 1. The first-order valence-electron chi connectivity index (χ1n) is 9.88. The summed E-state index contributed by atoms with van der Waals surface area (Å²) in [5.41, 5.74) is 3.48. The molecule has 0 spiro atoms. The Morgan fingerprint density at radius 1 is 0.933 bits per heavy atom. The van der Waals surface area contributed by atoms with Crippen LogP contribution in [-0.4, -0.2) is 24.3 Å². The number of aryl methyl sites for hydroxylation is 2. The molecule has 1 aromatic heterocycles. The molecule has 2 aromatic carbocycles. The molecule has 0 aliphatic heterocycles. The predicted molar refractivity (Wildman–Crippen MR) is 111 cm³/mol. The summed E-state index contributed by atoms with van der Waals surface area (Å²) in [6, 6.07) is 15.3. The van der Waals surface area contributed by atoms with Gasteiger partial charge < -0.3 is 14.5 Å². The van der Waals surface area contributed by atoms with E-state index in [0.29, 0.717) is 5.56 Å². The van der Waals surface area contributed by atoms with Crippen LogP contribution in [-0.2, 0) is 17.6 Å². The van der Waals surface area contributed by atoms with Crippen molar-refractivity contribution in [1.29, 1.82) is 0 Å². The van der Waals surface area contributed by atoms with Crippen LogP contribution in [0.15, 0.2) is 65.3 Å². The fourth-order valence-electron chi connectivity index (χ4n) is 3.56. The number of para-hydroxylation sites is 1. The van der Waals surface area contributed by atoms with Crippen LogP contribution in [0, 0.1) is 0 Å². The van der Waals surface area contributed by atoms with Crippen molar-refractivity contribution in [3.8, 4) is 0 Å². The van der Waals surface area contributed by atoms with Crippen molar-refractivity contribution in [3.05, 3.63) is 88.9 Å². The standard InChI is InChI=1S/C24H21NO5/c26-21(18-12-11-16-6-1-2-7-17(16)14-18)15-30-24(28)19-8-3-4-9-20(19)25-23(27)22-10-5-13-29-22/h3-5,8-14H,1-2,6-7,15H2,(H,25,27). The van der Waals surface area contributed by atoms with E-state index in [2.05, 4.69) is 5.32 Å². The van der Waals surface area contributed by atoms with Crippen LogP contribution in [0.3, 0.4) is 0 Å². The van der Waals surface area contributed by atoms with Crippen molar-refractivity contribution in [2.24, 2.45) is 0 Å². The molecule has 0 saturated heterocycles. The maximum atomic E-state index is 12.6. The quantitative estimate of drug-likeness (QED) is 0.485. The highest BCUT2D eigenvalue weighted by Crippen LogP contribution is 2.23. The number of hydrogen-bond donors (Lipinski definition) is 1. The normalized spacial score (nSPS) is 12.7. The number of benzene rings is 2. The molecular weight excluding hydrogens is 382 g/mol. The average Bonchev–Trinajstić information content (AvgIpc) is 3.32. The van der Waals surface area contributed by atoms with E-state index in [4.69, 9.17) is 9.15 Å². The number of furan rings is 1. The van der Waals surface area contributed by atoms with E-state index in [1.54, 1.807) is 30.3 Å². The monoisotopic (exact) mass is 403 g/mol. The van der Waals surface area contributed by atoms with Gasteiger partial charge in [-0.2, -0.15) is 0 Å². The number of anilines is 1. The highest BCUT2D eigenvalue weighted by atomic mass is 16.5. The minimum atomic E-state index is -0.684. The first kappa shape index (κ1) is 19.6. The number of esters is 1. The van der Waals surface area contributed by atoms with E-state index in [9.17, 15) is 14.4 Å². The van der Waals surface area contributed by atoms with Gasteiger partial charge >= 0.3 is 5.97 Å². The second kappa shape index (κ2) is 8.78. The number of carbonyl (C=O) groups excluding carboxylic acids is 3. The molecule has 0 fully saturated rings. The van der Waals surface area contributed by atoms with Gasteiger partial charge in [0, 0.05) is 5.56 Å². The summed E-state index contributed by atoms with van der Waals surface area (Å²) in [5.74, 6) is -1.29. The molecule has 1 aliphatic rings. The molecule has 1 aliphatic carbocycles. The van der Waals surface area contributed by atoms with E-state index in [0.717, 1.165) is 19.3 Å². The Balaban J connectivity index is 1.42. The topological polar surface area (TPSA) is 85.6 Å². The van der Waals surface area contributed by atoms with Gasteiger partial charge in [0.25, 0.3) is 5.91 Å². The third-order valence-electron chi connectivity index (χ3n) is 5.14. The van der Waals surface area contributed by atoms with Crippen LogP contribution in [0.4, 0.5) is 5.69 Å². The van der Waals surface area contributed by atoms with Crippen molar-refractivity contribution in [1.82, 2.24) is 0 Å². The van der Waals surface area contributed by atoms with Crippen LogP contribution in [0.25, 0.3) is 0 Å². The Hall–Kier alpha value is -3.67. The summed E-state index contributed by atoms with van der Waals surface area (Å²) >= 11 is 0. The van der Waals surface area contributed by atoms with Gasteiger partial charge in [-0.1, -0.05) is 24.3 Å². The summed E-state index contributed by atoms with van der Waals surface area (Å²) in [6.45, 7) is -0.363. The van der Waals surface area contributed by atoms with Gasteiger partial charge in [-0.05, 0) is 67.1 Å². The van der Waals surface area contributed by atoms with Gasteiger partial charge in [0.1, 0.15) is 0 Å². The molecule has 152 valence electrons. The zero-order chi connectivity index (χ0) is 20.9. The zero-order valence-corrected chi connectivity index (χ0v) is 16.4. The van der Waals surface area contributed by atoms with E-state index in [1.807, 2.05) is 12.1 Å². The summed E-state index contributed by atoms with van der Waals surface area (Å²) in [6.07, 6.45) is 5.70. The third kappa shape index (κ3) is 4.33. The molecular formula is C24H21NO5. The summed E-state index contributed by atoms with van der Waals surface area (Å²) in [7, 11) is 0. The Morgan fingerprint density at radius 2 is 1.73 bits per heavy atom. The number of hydrogen-bond acceptors (Lipinski definition) is 5. The average molecular weight is 403 g/mol. The molecule has 0 atom stereocenters. The number of carbonyl (C=O) groups is 3. The zero-order valence-electron chi connectivity index (χ0n) is 16.4. The lowest BCUT2D eigenvalue weighted by Gasteiger charge is -2.16. The fraction of sp³-hybridized carbons (Fsp3) is 0.208. The lowest BCUT2D eigenvalue weighted by molar-refractivity contribution is 0.0475. The lowest BCUT2D eigenvalue weighted by atomic mass is 9.90. The lowest BCUT2D eigenvalue weighted by Crippen LogP contribution is -2.18. The third-order valence-corrected chi connectivity index (χ3v) is 5.14. The number of amides is 1. The first-order chi connectivity index (χ1) is 14.6. The van der Waals surface area contributed by atoms with Crippen molar-refractivity contribution in [3.63, 3.8) is 0 Å². The van der Waals surface area contributed by atoms with Gasteiger partial charge in [0.15, 0.2) is 18.2 Å². The van der Waals surface area contributed by atoms with Crippen molar-refractivity contribution >= 4 is 23.3 Å². The minimum Gasteiger partial charge on any atom is -0.459 e. The maximum Gasteiger partial charge on any atom is 0.340 e. The molecule has 6 nitrogen and oxygen atoms in total. The van der Waals surface area contributed by atoms with Crippen molar-refractivity contribution in [2.75, 3.05) is 11.9 Å². The smallest absolute Gasteiger partial charge is 0.340 e. The van der Waals surface area contributed by atoms with E-state index < -0.39 is 11.9 Å². The molecule has 6 heteroatoms. The summed E-state index contributed by atoms with van der Waals surface area (Å²) in [4.78, 5) is 37.3. The molecule has 0 unspecified atom stereocenters. The van der Waals surface area contributed by atoms with Gasteiger partial charge in [0.05, 0.1) is 17.5 Å². The minimum absolute atomic E-state index is 0.126. The Bertz CT molecular complexity index is 1080. The molecule has 1 amide bonds. The number of ether oxygens (including phenoxy) is 1. The second-order valence-electron chi connectivity index (χ2n) is 7.17. The molecule has 0 radical (unpaired) electrons. The number of nitrogens with one attached hydrogen (secondary N) is 1. The second-order valence-corrected chi connectivity index (χ2v) is 7.17. The number of Topliss-reactive ketones (excluding diaryl/α,β-unsaturated/α-hetero) is 1. The fourth-order valence-corrected chi connectivity index (χ4v) is 3.56. The molecule has 4 rings (SSSR count). The van der Waals surface area contributed by atoms with Gasteiger partial charge in [-0.25, -0.2) is 4.79 Å². The Labute approximate surface area is 173 Å². The van der Waals surface area contributed by atoms with E-state index in [1.165, 1.54) is 35.9 Å². The van der Waals surface area contributed by atoms with Gasteiger partial charge in [0.2, 0.25) is 0 Å². The van der Waals surface area contributed by atoms with Gasteiger partial charge in [-0.3, -0.25) is 9.59 Å². The molecule has 30 heavy (non-hydrogen) atoms. The van der Waals surface area contributed by atoms with E-state index >= 15 is 0 Å². The molecule has 1 heterocycles. The van der Waals surface area contributed by atoms with Crippen LogP contribution in [0.2, 0.25) is 0 Å². The van der Waals surface area contributed by atoms with Crippen molar-refractivity contribution in [2.45, 2.75) is 25.7 Å². The number of rotatable bonds is 6. The van der Waals surface area contributed by atoms with Crippen LogP contribution in [0.1, 0.15) is 55.2 Å². The number of fused-ring (bicyclic) bond motifs is 1. The predicted octanol–water partition coefficient (Wildman–Crippen LogP) is 4.45. The first-order valence-corrected chi connectivity index (χ1v) is 9.88. The Morgan fingerprint density at radius 3 is 2.53 bits per heavy atom. The Kier molecular flexibility index (Phi) is 5.75. The highest BCUT2D eigenvalue weighted by molar-refractivity contribution is 6.07. The summed E-state index contributed by atoms with van der Waals surface area (Å²) < 4.78 is 10.3. The van der Waals surface area contributed by atoms with Crippen LogP contribution < -0.4 is 5.32 Å². The molecule has 3 aromatic rings. The summed E-state index contributed by atoms with van der Waals surface area (Å²) in [5, 5.41) is 2.63. The maximum absolute atomic E-state index is 12.6. The van der Waals surface area contributed by atoms with Crippen LogP contribution in [0.5, 0.6) is 0 Å². The molecule has 1 N–H and O–H groups in total. The van der Waals surface area contributed by atoms with Gasteiger partial charge in [-0.15, -0.1) is 0 Å². The largest absolute Gasteiger partial charge is 0.459 e. The SMILES string of the molecule is O=C(COC(=O)c1ccccc1NC(=O)c1ccco1)c1ccc2c(c1)CCCC2.